The average Bonchev–Trinajstić information content (AvgIpc) is 3.09. The fraction of sp³-hybridized carbons (Fsp3) is 0.333. The number of hydrogen-bond donors (Lipinski definition) is 1. The molecule has 0 fully saturated rings. The van der Waals surface area contributed by atoms with Crippen LogP contribution in [-0.2, 0) is 0 Å². The molecule has 7 heteroatoms. The summed E-state index contributed by atoms with van der Waals surface area (Å²) in [6, 6.07) is 8.02. The summed E-state index contributed by atoms with van der Waals surface area (Å²) < 4.78 is 17.1. The van der Waals surface area contributed by atoms with Crippen LogP contribution in [-0.4, -0.2) is 19.6 Å². The van der Waals surface area contributed by atoms with Gasteiger partial charge in [0.15, 0.2) is 16.9 Å². The fourth-order valence-corrected chi connectivity index (χ4v) is 3.96. The Morgan fingerprint density at radius 1 is 1.13 bits per heavy atom. The van der Waals surface area contributed by atoms with E-state index in [4.69, 9.17) is 25.5 Å². The molecule has 1 amide bonds. The van der Waals surface area contributed by atoms with Crippen molar-refractivity contribution in [3.8, 4) is 11.5 Å². The van der Waals surface area contributed by atoms with Gasteiger partial charge < -0.3 is 19.2 Å². The van der Waals surface area contributed by atoms with E-state index in [0.29, 0.717) is 39.7 Å². The number of halogens is 1. The molecule has 1 atom stereocenters. The van der Waals surface area contributed by atoms with E-state index in [0.717, 1.165) is 24.8 Å². The van der Waals surface area contributed by atoms with E-state index in [1.807, 2.05) is 13.0 Å². The molecule has 1 aromatic heterocycles. The van der Waals surface area contributed by atoms with E-state index in [9.17, 15) is 9.59 Å². The summed E-state index contributed by atoms with van der Waals surface area (Å²) in [6.07, 6.45) is 3.17. The molecule has 0 saturated heterocycles. The van der Waals surface area contributed by atoms with Crippen molar-refractivity contribution in [1.82, 2.24) is 5.32 Å². The highest BCUT2D eigenvalue weighted by Gasteiger charge is 2.36. The van der Waals surface area contributed by atoms with Gasteiger partial charge in [-0.3, -0.25) is 9.59 Å². The number of carbonyl (C=O) groups excluding carboxylic acids is 1. The molecule has 0 saturated carbocycles. The first-order valence-corrected chi connectivity index (χ1v) is 10.7. The first-order chi connectivity index (χ1) is 14.9. The summed E-state index contributed by atoms with van der Waals surface area (Å²) >= 11 is 6.22. The zero-order valence-corrected chi connectivity index (χ0v) is 18.5. The molecular weight excluding hydrogens is 418 g/mol. The predicted octanol–water partition coefficient (Wildman–Crippen LogP) is 5.17. The lowest BCUT2D eigenvalue weighted by Crippen LogP contribution is -2.22. The minimum absolute atomic E-state index is 0.0306. The maximum atomic E-state index is 13.3. The maximum Gasteiger partial charge on any atom is 0.288 e. The van der Waals surface area contributed by atoms with Gasteiger partial charge >= 0.3 is 0 Å². The number of ether oxygens (including phenoxy) is 2. The number of nitrogens with one attached hydrogen (secondary N) is 1. The lowest BCUT2D eigenvalue weighted by molar-refractivity contribution is 0.0938. The molecular formula is C24H24ClNO5. The molecule has 1 aliphatic heterocycles. The van der Waals surface area contributed by atoms with E-state index < -0.39 is 11.9 Å². The highest BCUT2D eigenvalue weighted by atomic mass is 35.5. The van der Waals surface area contributed by atoms with Gasteiger partial charge in [0.25, 0.3) is 5.91 Å². The molecule has 2 heterocycles. The number of methoxy groups -OCH3 is 1. The Hall–Kier alpha value is -2.99. The van der Waals surface area contributed by atoms with Crippen LogP contribution in [0.1, 0.15) is 59.5 Å². The van der Waals surface area contributed by atoms with Gasteiger partial charge in [0.2, 0.25) is 5.76 Å². The fourth-order valence-electron chi connectivity index (χ4n) is 3.80. The van der Waals surface area contributed by atoms with Gasteiger partial charge in [0, 0.05) is 5.02 Å². The lowest BCUT2D eigenvalue weighted by atomic mass is 9.98. The molecule has 2 aromatic carbocycles. The zero-order valence-electron chi connectivity index (χ0n) is 17.7. The zero-order chi connectivity index (χ0) is 22.1. The van der Waals surface area contributed by atoms with Gasteiger partial charge in [-0.25, -0.2) is 0 Å². The second-order valence-corrected chi connectivity index (χ2v) is 8.05. The number of amides is 1. The van der Waals surface area contributed by atoms with E-state index >= 15 is 0 Å². The summed E-state index contributed by atoms with van der Waals surface area (Å²) in [6.45, 7) is 4.55. The van der Waals surface area contributed by atoms with Gasteiger partial charge in [0.1, 0.15) is 5.58 Å². The van der Waals surface area contributed by atoms with Crippen molar-refractivity contribution in [1.29, 1.82) is 0 Å². The summed E-state index contributed by atoms with van der Waals surface area (Å²) in [7, 11) is 1.56. The molecule has 0 radical (unpaired) electrons. The van der Waals surface area contributed by atoms with Crippen LogP contribution in [0.5, 0.6) is 11.5 Å². The van der Waals surface area contributed by atoms with Crippen LogP contribution >= 0.6 is 11.6 Å². The van der Waals surface area contributed by atoms with E-state index in [1.54, 1.807) is 31.4 Å². The Morgan fingerprint density at radius 3 is 2.68 bits per heavy atom. The summed E-state index contributed by atoms with van der Waals surface area (Å²) in [5.41, 5.74) is 1.81. The van der Waals surface area contributed by atoms with E-state index in [2.05, 4.69) is 12.2 Å². The SMILES string of the molecule is CCCCCOc1ccc(C2NC(=O)c3oc4cc(C)c(Cl)cc4c(=O)c32)cc1OC. The van der Waals surface area contributed by atoms with E-state index in [1.165, 1.54) is 0 Å². The third-order valence-electron chi connectivity index (χ3n) is 5.50. The Balaban J connectivity index is 1.74. The monoisotopic (exact) mass is 441 g/mol. The smallest absolute Gasteiger partial charge is 0.288 e. The van der Waals surface area contributed by atoms with Crippen molar-refractivity contribution in [3.05, 3.63) is 68.0 Å². The van der Waals surface area contributed by atoms with E-state index in [-0.39, 0.29) is 16.8 Å². The number of carbonyl (C=O) groups is 1. The second kappa shape index (κ2) is 8.63. The molecule has 1 N–H and O–H groups in total. The molecule has 6 nitrogen and oxygen atoms in total. The number of benzene rings is 2. The minimum atomic E-state index is -0.647. The maximum absolute atomic E-state index is 13.3. The summed E-state index contributed by atoms with van der Waals surface area (Å²) in [5.74, 6) is 0.772. The normalized spacial score (nSPS) is 15.1. The van der Waals surface area contributed by atoms with Crippen molar-refractivity contribution in [2.24, 2.45) is 0 Å². The van der Waals surface area contributed by atoms with Crippen LogP contribution in [0.15, 0.2) is 39.5 Å². The van der Waals surface area contributed by atoms with Crippen LogP contribution in [0.3, 0.4) is 0 Å². The first-order valence-electron chi connectivity index (χ1n) is 10.3. The van der Waals surface area contributed by atoms with Gasteiger partial charge in [-0.1, -0.05) is 37.4 Å². The van der Waals surface area contributed by atoms with Crippen molar-refractivity contribution in [2.45, 2.75) is 39.2 Å². The predicted molar refractivity (Wildman–Crippen MR) is 120 cm³/mol. The number of unbranched alkanes of at least 4 members (excludes halogenated alkanes) is 2. The summed E-state index contributed by atoms with van der Waals surface area (Å²) in [4.78, 5) is 25.9. The van der Waals surface area contributed by atoms with Crippen molar-refractivity contribution in [3.63, 3.8) is 0 Å². The third-order valence-corrected chi connectivity index (χ3v) is 5.91. The van der Waals surface area contributed by atoms with Crippen LogP contribution < -0.4 is 20.2 Å². The number of hydrogen-bond acceptors (Lipinski definition) is 5. The van der Waals surface area contributed by atoms with Crippen molar-refractivity contribution < 1.29 is 18.7 Å². The largest absolute Gasteiger partial charge is 0.493 e. The van der Waals surface area contributed by atoms with Gasteiger partial charge in [-0.05, 0) is 48.7 Å². The topological polar surface area (TPSA) is 77.8 Å². The summed E-state index contributed by atoms with van der Waals surface area (Å²) in [5, 5.41) is 3.67. The molecule has 31 heavy (non-hydrogen) atoms. The molecule has 0 spiro atoms. The average molecular weight is 442 g/mol. The van der Waals surface area contributed by atoms with Crippen molar-refractivity contribution in [2.75, 3.05) is 13.7 Å². The molecule has 4 rings (SSSR count). The highest BCUT2D eigenvalue weighted by molar-refractivity contribution is 6.32. The molecule has 0 aliphatic carbocycles. The van der Waals surface area contributed by atoms with Crippen LogP contribution in [0.2, 0.25) is 5.02 Å². The van der Waals surface area contributed by atoms with Gasteiger partial charge in [-0.2, -0.15) is 0 Å². The quantitative estimate of drug-likeness (QED) is 0.512. The third kappa shape index (κ3) is 3.88. The van der Waals surface area contributed by atoms with Crippen molar-refractivity contribution >= 4 is 28.5 Å². The highest BCUT2D eigenvalue weighted by Crippen LogP contribution is 2.36. The lowest BCUT2D eigenvalue weighted by Gasteiger charge is -2.16. The minimum Gasteiger partial charge on any atom is -0.493 e. The van der Waals surface area contributed by atoms with Gasteiger partial charge in [-0.15, -0.1) is 0 Å². The Labute approximate surface area is 185 Å². The molecule has 162 valence electrons. The Kier molecular flexibility index (Phi) is 5.92. The number of fused-ring (bicyclic) bond motifs is 2. The van der Waals surface area contributed by atoms with Crippen LogP contribution in [0.4, 0.5) is 0 Å². The standard InChI is InChI=1S/C24H24ClNO5/c1-4-5-6-9-30-17-8-7-14(11-19(17)29-3)21-20-22(27)15-12-16(25)13(2)10-18(15)31-23(20)24(28)26-21/h7-8,10-12,21H,4-6,9H2,1-3H3,(H,26,28). The van der Waals surface area contributed by atoms with Crippen LogP contribution in [0.25, 0.3) is 11.0 Å². The molecule has 1 aliphatic rings. The molecule has 3 aromatic rings. The molecule has 0 bridgehead atoms. The van der Waals surface area contributed by atoms with Crippen LogP contribution in [0, 0.1) is 6.92 Å². The Bertz CT molecular complexity index is 1220. The van der Waals surface area contributed by atoms with Gasteiger partial charge in [0.05, 0.1) is 30.7 Å². The first kappa shape index (κ1) is 21.2. The second-order valence-electron chi connectivity index (χ2n) is 7.64. The number of rotatable bonds is 7. The molecule has 1 unspecified atom stereocenters. The Morgan fingerprint density at radius 2 is 1.94 bits per heavy atom. The number of aryl methyl sites for hydroxylation is 1.